The number of hydrogen-bond donors (Lipinski definition) is 2. The first kappa shape index (κ1) is 24.0. The van der Waals surface area contributed by atoms with Crippen molar-refractivity contribution in [3.05, 3.63) is 53.8 Å². The van der Waals surface area contributed by atoms with Gasteiger partial charge in [0.15, 0.2) is 0 Å². The molecule has 0 saturated carbocycles. The maximum absolute atomic E-state index is 13.3. The van der Waals surface area contributed by atoms with Crippen LogP contribution in [0.3, 0.4) is 0 Å². The molecule has 2 aliphatic heterocycles. The number of likely N-dealkylation sites (tertiary alicyclic amines) is 1. The third-order valence-corrected chi connectivity index (χ3v) is 6.55. The van der Waals surface area contributed by atoms with Crippen LogP contribution in [0.5, 0.6) is 0 Å². The van der Waals surface area contributed by atoms with Gasteiger partial charge in [-0.25, -0.2) is 9.97 Å². The summed E-state index contributed by atoms with van der Waals surface area (Å²) < 4.78 is 0. The van der Waals surface area contributed by atoms with Gasteiger partial charge >= 0.3 is 0 Å². The van der Waals surface area contributed by atoms with Crippen LogP contribution >= 0.6 is 11.6 Å². The first-order valence-corrected chi connectivity index (χ1v) is 11.7. The third-order valence-electron chi connectivity index (χ3n) is 6.35. The standard InChI is InChI=1S/C24H30ClN7O2/c1-4-22(33)29-20-6-5-16(11-21(20)31-10-8-19(15-31)30(2)3)23(34)32-9-7-18(14-32)28-24-26-12-17(25)13-27-24/h4-6,11-13,18-19H,1,7-10,14-15H2,2-3H3,(H,29,33)(H,26,27,28). The Morgan fingerprint density at radius 3 is 2.62 bits per heavy atom. The minimum Gasteiger partial charge on any atom is -0.368 e. The van der Waals surface area contributed by atoms with Crippen molar-refractivity contribution >= 4 is 40.7 Å². The van der Waals surface area contributed by atoms with Gasteiger partial charge in [0, 0.05) is 43.8 Å². The fourth-order valence-electron chi connectivity index (χ4n) is 4.41. The molecule has 3 heterocycles. The zero-order valence-electron chi connectivity index (χ0n) is 19.5. The highest BCUT2D eigenvalue weighted by Gasteiger charge is 2.30. The molecule has 34 heavy (non-hydrogen) atoms. The number of hydrogen-bond acceptors (Lipinski definition) is 7. The van der Waals surface area contributed by atoms with Crippen molar-refractivity contribution in [2.45, 2.75) is 24.9 Å². The second kappa shape index (κ2) is 10.4. The van der Waals surface area contributed by atoms with Gasteiger partial charge in [0.2, 0.25) is 11.9 Å². The number of amides is 2. The average Bonchev–Trinajstić information content (AvgIpc) is 3.50. The summed E-state index contributed by atoms with van der Waals surface area (Å²) in [5, 5.41) is 6.63. The van der Waals surface area contributed by atoms with Gasteiger partial charge < -0.3 is 25.3 Å². The van der Waals surface area contributed by atoms with Crippen LogP contribution in [0, 0.1) is 0 Å². The molecule has 2 aliphatic rings. The number of carbonyl (C=O) groups excluding carboxylic acids is 2. The number of benzene rings is 1. The fraction of sp³-hybridized carbons (Fsp3) is 0.417. The second-order valence-corrected chi connectivity index (χ2v) is 9.32. The smallest absolute Gasteiger partial charge is 0.254 e. The molecule has 2 fully saturated rings. The molecule has 180 valence electrons. The highest BCUT2D eigenvalue weighted by atomic mass is 35.5. The van der Waals surface area contributed by atoms with Crippen molar-refractivity contribution in [2.24, 2.45) is 0 Å². The van der Waals surface area contributed by atoms with Crippen LogP contribution in [0.2, 0.25) is 5.02 Å². The van der Waals surface area contributed by atoms with Gasteiger partial charge in [-0.1, -0.05) is 18.2 Å². The Balaban J connectivity index is 1.49. The molecule has 2 amide bonds. The van der Waals surface area contributed by atoms with E-state index in [-0.39, 0.29) is 17.9 Å². The normalized spacial score (nSPS) is 20.0. The van der Waals surface area contributed by atoms with Crippen LogP contribution in [-0.2, 0) is 4.79 Å². The van der Waals surface area contributed by atoms with E-state index < -0.39 is 0 Å². The Kier molecular flexibility index (Phi) is 7.33. The molecule has 2 atom stereocenters. The molecular weight excluding hydrogens is 454 g/mol. The van der Waals surface area contributed by atoms with E-state index >= 15 is 0 Å². The van der Waals surface area contributed by atoms with Crippen molar-refractivity contribution in [3.8, 4) is 0 Å². The number of aromatic nitrogens is 2. The van der Waals surface area contributed by atoms with E-state index in [2.05, 4.69) is 51.1 Å². The van der Waals surface area contributed by atoms with Crippen LogP contribution in [0.4, 0.5) is 17.3 Å². The lowest BCUT2D eigenvalue weighted by Crippen LogP contribution is -2.33. The zero-order valence-corrected chi connectivity index (χ0v) is 20.3. The van der Waals surface area contributed by atoms with Crippen molar-refractivity contribution in [1.29, 1.82) is 0 Å². The Morgan fingerprint density at radius 2 is 1.94 bits per heavy atom. The molecule has 10 heteroatoms. The largest absolute Gasteiger partial charge is 0.368 e. The predicted molar refractivity (Wildman–Crippen MR) is 135 cm³/mol. The lowest BCUT2D eigenvalue weighted by atomic mass is 10.1. The molecule has 1 aromatic carbocycles. The Bertz CT molecular complexity index is 1060. The van der Waals surface area contributed by atoms with Crippen molar-refractivity contribution in [2.75, 3.05) is 55.8 Å². The number of anilines is 3. The zero-order chi connectivity index (χ0) is 24.2. The Hall–Kier alpha value is -3.17. The molecule has 9 nitrogen and oxygen atoms in total. The molecule has 2 unspecified atom stereocenters. The maximum Gasteiger partial charge on any atom is 0.254 e. The summed E-state index contributed by atoms with van der Waals surface area (Å²) in [6.45, 7) is 6.43. The SMILES string of the molecule is C=CC(=O)Nc1ccc(C(=O)N2CCC(Nc3ncc(Cl)cn3)C2)cc1N1CCC(N(C)C)C1. The predicted octanol–water partition coefficient (Wildman–Crippen LogP) is 2.72. The summed E-state index contributed by atoms with van der Waals surface area (Å²) in [5.41, 5.74) is 2.14. The first-order valence-electron chi connectivity index (χ1n) is 11.4. The highest BCUT2D eigenvalue weighted by Crippen LogP contribution is 2.32. The van der Waals surface area contributed by atoms with Crippen LogP contribution in [0.1, 0.15) is 23.2 Å². The lowest BCUT2D eigenvalue weighted by Gasteiger charge is -2.25. The van der Waals surface area contributed by atoms with Gasteiger partial charge in [-0.2, -0.15) is 0 Å². The van der Waals surface area contributed by atoms with E-state index in [1.807, 2.05) is 11.0 Å². The van der Waals surface area contributed by atoms with E-state index in [9.17, 15) is 9.59 Å². The summed E-state index contributed by atoms with van der Waals surface area (Å²) in [6.07, 6.45) is 6.16. The van der Waals surface area contributed by atoms with E-state index in [1.165, 1.54) is 6.08 Å². The van der Waals surface area contributed by atoms with E-state index in [0.29, 0.717) is 41.4 Å². The fourth-order valence-corrected chi connectivity index (χ4v) is 4.51. The van der Waals surface area contributed by atoms with E-state index in [0.717, 1.165) is 31.6 Å². The quantitative estimate of drug-likeness (QED) is 0.585. The van der Waals surface area contributed by atoms with Gasteiger partial charge in [-0.15, -0.1) is 0 Å². The summed E-state index contributed by atoms with van der Waals surface area (Å²) >= 11 is 5.85. The highest BCUT2D eigenvalue weighted by molar-refractivity contribution is 6.30. The lowest BCUT2D eigenvalue weighted by molar-refractivity contribution is -0.111. The molecule has 4 rings (SSSR count). The number of rotatable bonds is 7. The number of halogens is 1. The molecule has 1 aromatic heterocycles. The minimum absolute atomic E-state index is 0.0347. The number of carbonyl (C=O) groups is 2. The van der Waals surface area contributed by atoms with Crippen LogP contribution in [0.15, 0.2) is 43.2 Å². The number of nitrogens with one attached hydrogen (secondary N) is 2. The average molecular weight is 484 g/mol. The molecular formula is C24H30ClN7O2. The summed E-state index contributed by atoms with van der Waals surface area (Å²) in [7, 11) is 4.14. The van der Waals surface area contributed by atoms with Crippen LogP contribution < -0.4 is 15.5 Å². The van der Waals surface area contributed by atoms with Gasteiger partial charge in [0.05, 0.1) is 28.8 Å². The Labute approximate surface area is 204 Å². The summed E-state index contributed by atoms with van der Waals surface area (Å²) in [5.74, 6) is 0.187. The topological polar surface area (TPSA) is 93.7 Å². The molecule has 2 aromatic rings. The molecule has 0 radical (unpaired) electrons. The van der Waals surface area contributed by atoms with Crippen LogP contribution in [-0.4, -0.2) is 83.9 Å². The molecule has 0 spiro atoms. The van der Waals surface area contributed by atoms with E-state index in [4.69, 9.17) is 11.6 Å². The monoisotopic (exact) mass is 483 g/mol. The van der Waals surface area contributed by atoms with Gasteiger partial charge in [-0.3, -0.25) is 9.59 Å². The molecule has 0 bridgehead atoms. The summed E-state index contributed by atoms with van der Waals surface area (Å²) in [4.78, 5) is 40.0. The second-order valence-electron chi connectivity index (χ2n) is 8.88. The van der Waals surface area contributed by atoms with Crippen molar-refractivity contribution in [3.63, 3.8) is 0 Å². The molecule has 0 aliphatic carbocycles. The molecule has 2 N–H and O–H groups in total. The van der Waals surface area contributed by atoms with Gasteiger partial charge in [0.1, 0.15) is 0 Å². The van der Waals surface area contributed by atoms with E-state index in [1.54, 1.807) is 24.5 Å². The van der Waals surface area contributed by atoms with Gasteiger partial charge in [-0.05, 0) is 51.2 Å². The number of nitrogens with zero attached hydrogens (tertiary/aromatic N) is 5. The molecule has 2 saturated heterocycles. The Morgan fingerprint density at radius 1 is 1.18 bits per heavy atom. The number of likely N-dealkylation sites (N-methyl/N-ethyl adjacent to an activating group) is 1. The van der Waals surface area contributed by atoms with Crippen molar-refractivity contribution in [1.82, 2.24) is 19.8 Å². The maximum atomic E-state index is 13.3. The van der Waals surface area contributed by atoms with Crippen LogP contribution in [0.25, 0.3) is 0 Å². The first-order chi connectivity index (χ1) is 16.3. The minimum atomic E-state index is -0.276. The van der Waals surface area contributed by atoms with Crippen molar-refractivity contribution < 1.29 is 9.59 Å². The third kappa shape index (κ3) is 5.48. The summed E-state index contributed by atoms with van der Waals surface area (Å²) in [6, 6.07) is 5.95. The van der Waals surface area contributed by atoms with Gasteiger partial charge in [0.25, 0.3) is 5.91 Å².